The summed E-state index contributed by atoms with van der Waals surface area (Å²) in [5.41, 5.74) is 10.2. The van der Waals surface area contributed by atoms with Crippen molar-refractivity contribution < 1.29 is 0 Å². The molecule has 3 nitrogen and oxygen atoms in total. The first-order valence-electron chi connectivity index (χ1n) is 5.55. The van der Waals surface area contributed by atoms with Crippen molar-refractivity contribution in [3.05, 3.63) is 41.2 Å². The predicted molar refractivity (Wildman–Crippen MR) is 73.1 cm³/mol. The van der Waals surface area contributed by atoms with Crippen LogP contribution in [0.25, 0.3) is 0 Å². The Morgan fingerprint density at radius 2 is 2.12 bits per heavy atom. The molecular formula is C13H17N3S. The van der Waals surface area contributed by atoms with Gasteiger partial charge in [0.15, 0.2) is 0 Å². The fourth-order valence-electron chi connectivity index (χ4n) is 1.74. The second-order valence-corrected chi connectivity index (χ2v) is 5.18. The molecule has 2 aromatic rings. The topological polar surface area (TPSA) is 43.8 Å². The largest absolute Gasteiger partial charge is 0.398 e. The van der Waals surface area contributed by atoms with E-state index in [2.05, 4.69) is 24.2 Å². The van der Waals surface area contributed by atoms with Crippen LogP contribution >= 0.6 is 11.8 Å². The number of benzene rings is 1. The van der Waals surface area contributed by atoms with Gasteiger partial charge < -0.3 is 5.73 Å². The van der Waals surface area contributed by atoms with Crippen LogP contribution in [0.1, 0.15) is 17.0 Å². The molecule has 90 valence electrons. The van der Waals surface area contributed by atoms with E-state index in [0.29, 0.717) is 0 Å². The van der Waals surface area contributed by atoms with Gasteiger partial charge in [0.1, 0.15) is 0 Å². The lowest BCUT2D eigenvalue weighted by Crippen LogP contribution is -1.97. The quantitative estimate of drug-likeness (QED) is 0.670. The molecule has 0 unspecified atom stereocenters. The highest BCUT2D eigenvalue weighted by Crippen LogP contribution is 2.28. The Hall–Kier alpha value is -1.42. The van der Waals surface area contributed by atoms with Crippen molar-refractivity contribution in [1.82, 2.24) is 9.78 Å². The van der Waals surface area contributed by atoms with Crippen molar-refractivity contribution in [1.29, 1.82) is 0 Å². The lowest BCUT2D eigenvalue weighted by Gasteiger charge is -2.07. The van der Waals surface area contributed by atoms with E-state index in [1.165, 1.54) is 10.6 Å². The molecule has 0 aliphatic heterocycles. The average Bonchev–Trinajstić information content (AvgIpc) is 2.60. The Kier molecular flexibility index (Phi) is 3.43. The van der Waals surface area contributed by atoms with Crippen LogP contribution in [-0.4, -0.2) is 9.78 Å². The van der Waals surface area contributed by atoms with Gasteiger partial charge >= 0.3 is 0 Å². The number of nitrogens with two attached hydrogens (primary N) is 1. The highest BCUT2D eigenvalue weighted by atomic mass is 32.2. The summed E-state index contributed by atoms with van der Waals surface area (Å²) in [6, 6.07) is 8.17. The Labute approximate surface area is 106 Å². The molecule has 1 aromatic carbocycles. The zero-order valence-electron chi connectivity index (χ0n) is 10.4. The van der Waals surface area contributed by atoms with Crippen molar-refractivity contribution >= 4 is 17.4 Å². The Morgan fingerprint density at radius 1 is 1.35 bits per heavy atom. The maximum Gasteiger partial charge on any atom is 0.0596 e. The van der Waals surface area contributed by atoms with Gasteiger partial charge in [0.2, 0.25) is 0 Å². The van der Waals surface area contributed by atoms with Gasteiger partial charge in [-0.25, -0.2) is 0 Å². The Morgan fingerprint density at radius 3 is 2.76 bits per heavy atom. The van der Waals surface area contributed by atoms with E-state index in [1.54, 1.807) is 11.8 Å². The lowest BCUT2D eigenvalue weighted by atomic mass is 10.2. The molecule has 0 saturated heterocycles. The van der Waals surface area contributed by atoms with Gasteiger partial charge in [-0.3, -0.25) is 4.68 Å². The molecule has 0 atom stereocenters. The van der Waals surface area contributed by atoms with Crippen LogP contribution < -0.4 is 5.73 Å². The summed E-state index contributed by atoms with van der Waals surface area (Å²) in [5, 5.41) is 4.34. The summed E-state index contributed by atoms with van der Waals surface area (Å²) in [6.45, 7) is 4.08. The minimum atomic E-state index is 0.858. The summed E-state index contributed by atoms with van der Waals surface area (Å²) in [5.74, 6) is 0.918. The van der Waals surface area contributed by atoms with Crippen LogP contribution in [0.3, 0.4) is 0 Å². The number of thioether (sulfide) groups is 1. The summed E-state index contributed by atoms with van der Waals surface area (Å²) < 4.78 is 1.93. The van der Waals surface area contributed by atoms with E-state index in [9.17, 15) is 0 Å². The van der Waals surface area contributed by atoms with Gasteiger partial charge in [-0.2, -0.15) is 5.10 Å². The lowest BCUT2D eigenvalue weighted by molar-refractivity contribution is 0.727. The van der Waals surface area contributed by atoms with E-state index in [0.717, 1.165) is 22.7 Å². The van der Waals surface area contributed by atoms with Crippen molar-refractivity contribution in [2.45, 2.75) is 24.5 Å². The van der Waals surface area contributed by atoms with Crippen LogP contribution in [0.5, 0.6) is 0 Å². The molecule has 0 amide bonds. The number of aromatic nitrogens is 2. The number of aryl methyl sites for hydroxylation is 2. The SMILES string of the molecule is Cc1cc(CSc2cccc(N)c2C)n(C)n1. The molecule has 0 saturated carbocycles. The van der Waals surface area contributed by atoms with Crippen molar-refractivity contribution in [3.63, 3.8) is 0 Å². The second-order valence-electron chi connectivity index (χ2n) is 4.16. The molecule has 0 spiro atoms. The molecule has 0 radical (unpaired) electrons. The summed E-state index contributed by atoms with van der Waals surface area (Å²) in [4.78, 5) is 1.24. The van der Waals surface area contributed by atoms with Crippen molar-refractivity contribution in [3.8, 4) is 0 Å². The van der Waals surface area contributed by atoms with Gasteiger partial charge in [-0.1, -0.05) is 6.07 Å². The fraction of sp³-hybridized carbons (Fsp3) is 0.308. The standard InChI is InChI=1S/C13H17N3S/c1-9-7-11(16(3)15-9)8-17-13-6-4-5-12(14)10(13)2/h4-7H,8,14H2,1-3H3. The minimum Gasteiger partial charge on any atom is -0.398 e. The molecule has 0 aliphatic carbocycles. The minimum absolute atomic E-state index is 0.858. The molecule has 4 heteroatoms. The van der Waals surface area contributed by atoms with Crippen molar-refractivity contribution in [2.75, 3.05) is 5.73 Å². The first-order chi connectivity index (χ1) is 8.08. The molecule has 2 rings (SSSR count). The molecule has 1 aromatic heterocycles. The highest BCUT2D eigenvalue weighted by molar-refractivity contribution is 7.98. The summed E-state index contributed by atoms with van der Waals surface area (Å²) >= 11 is 1.80. The molecule has 0 fully saturated rings. The number of hydrogen-bond donors (Lipinski definition) is 1. The first kappa shape index (κ1) is 12.0. The fourth-order valence-corrected chi connectivity index (χ4v) is 2.82. The third kappa shape index (κ3) is 2.64. The van der Waals surface area contributed by atoms with E-state index >= 15 is 0 Å². The molecule has 0 bridgehead atoms. The van der Waals surface area contributed by atoms with Gasteiger partial charge in [-0.15, -0.1) is 11.8 Å². The number of rotatable bonds is 3. The monoisotopic (exact) mass is 247 g/mol. The molecule has 1 heterocycles. The van der Waals surface area contributed by atoms with Crippen LogP contribution in [0.2, 0.25) is 0 Å². The van der Waals surface area contributed by atoms with Gasteiger partial charge in [0, 0.05) is 29.1 Å². The molecule has 17 heavy (non-hydrogen) atoms. The zero-order valence-corrected chi connectivity index (χ0v) is 11.2. The van der Waals surface area contributed by atoms with Crippen LogP contribution in [-0.2, 0) is 12.8 Å². The second kappa shape index (κ2) is 4.84. The van der Waals surface area contributed by atoms with E-state index in [-0.39, 0.29) is 0 Å². The summed E-state index contributed by atoms with van der Waals surface area (Å²) in [6.07, 6.45) is 0. The third-order valence-corrected chi connectivity index (χ3v) is 3.99. The van der Waals surface area contributed by atoms with Gasteiger partial charge in [-0.05, 0) is 37.6 Å². The first-order valence-corrected chi connectivity index (χ1v) is 6.54. The van der Waals surface area contributed by atoms with Crippen molar-refractivity contribution in [2.24, 2.45) is 7.05 Å². The van der Waals surface area contributed by atoms with E-state index in [1.807, 2.05) is 30.8 Å². The van der Waals surface area contributed by atoms with Gasteiger partial charge in [0.25, 0.3) is 0 Å². The number of nitrogen functional groups attached to an aromatic ring is 1. The maximum absolute atomic E-state index is 5.89. The molecule has 2 N–H and O–H groups in total. The number of anilines is 1. The van der Waals surface area contributed by atoms with E-state index < -0.39 is 0 Å². The zero-order chi connectivity index (χ0) is 12.4. The molecular weight excluding hydrogens is 230 g/mol. The smallest absolute Gasteiger partial charge is 0.0596 e. The predicted octanol–water partition coefficient (Wildman–Crippen LogP) is 2.91. The van der Waals surface area contributed by atoms with Gasteiger partial charge in [0.05, 0.1) is 5.69 Å². The molecule has 0 aliphatic rings. The van der Waals surface area contributed by atoms with Crippen LogP contribution in [0.4, 0.5) is 5.69 Å². The Balaban J connectivity index is 2.12. The number of hydrogen-bond acceptors (Lipinski definition) is 3. The Bertz CT molecular complexity index is 531. The van der Waals surface area contributed by atoms with Crippen LogP contribution in [0, 0.1) is 13.8 Å². The highest BCUT2D eigenvalue weighted by Gasteiger charge is 2.05. The third-order valence-electron chi connectivity index (χ3n) is 2.80. The maximum atomic E-state index is 5.89. The average molecular weight is 247 g/mol. The van der Waals surface area contributed by atoms with Crippen LogP contribution in [0.15, 0.2) is 29.2 Å². The normalized spacial score (nSPS) is 10.8. The number of nitrogens with zero attached hydrogens (tertiary/aromatic N) is 2. The van der Waals surface area contributed by atoms with E-state index in [4.69, 9.17) is 5.73 Å². The summed E-state index contributed by atoms with van der Waals surface area (Å²) in [7, 11) is 1.98.